The molecule has 7 nitrogen and oxygen atoms in total. The van der Waals surface area contributed by atoms with Gasteiger partial charge in [-0.1, -0.05) is 0 Å². The van der Waals surface area contributed by atoms with Crippen molar-refractivity contribution in [1.29, 1.82) is 0 Å². The zero-order chi connectivity index (χ0) is 17.7. The van der Waals surface area contributed by atoms with E-state index in [1.807, 2.05) is 0 Å². The molecule has 0 radical (unpaired) electrons. The van der Waals surface area contributed by atoms with Crippen LogP contribution in [0.1, 0.15) is 6.92 Å². The summed E-state index contributed by atoms with van der Waals surface area (Å²) in [6.45, 7) is 25.6. The van der Waals surface area contributed by atoms with Gasteiger partial charge in [0, 0.05) is 0 Å². The van der Waals surface area contributed by atoms with Crippen molar-refractivity contribution in [3.8, 4) is 0 Å². The van der Waals surface area contributed by atoms with Gasteiger partial charge in [0.1, 0.15) is 0 Å². The van der Waals surface area contributed by atoms with Gasteiger partial charge in [-0.3, -0.25) is 0 Å². The van der Waals surface area contributed by atoms with Crippen molar-refractivity contribution in [2.24, 2.45) is 0 Å². The van der Waals surface area contributed by atoms with Gasteiger partial charge in [-0.2, -0.15) is 0 Å². The maximum atomic E-state index is 7.50. The Balaban J connectivity index is -0.0000000639. The van der Waals surface area contributed by atoms with Crippen molar-refractivity contribution in [2.45, 2.75) is 6.92 Å². The fourth-order valence-corrected chi connectivity index (χ4v) is 1.25. The molecule has 0 aromatic carbocycles. The van der Waals surface area contributed by atoms with Crippen LogP contribution in [0.3, 0.4) is 0 Å². The number of hydrogen-bond donors (Lipinski definition) is 0. The second-order valence-electron chi connectivity index (χ2n) is 2.66. The predicted molar refractivity (Wildman–Crippen MR) is 58.8 cm³/mol. The van der Waals surface area contributed by atoms with Gasteiger partial charge < -0.3 is 0 Å². The molecule has 0 amide bonds. The van der Waals surface area contributed by atoms with Crippen LogP contribution in [0, 0.1) is 33.3 Å². The van der Waals surface area contributed by atoms with Crippen LogP contribution in [0.5, 0.6) is 0 Å². The summed E-state index contributed by atoms with van der Waals surface area (Å²) < 4.78 is 38.7. The second-order valence-corrected chi connectivity index (χ2v) is 3.31. The van der Waals surface area contributed by atoms with Crippen molar-refractivity contribution in [2.75, 3.05) is 20.8 Å². The summed E-state index contributed by atoms with van der Waals surface area (Å²) in [6, 6.07) is 0. The maximum absolute atomic E-state index is 7.50. The second kappa shape index (κ2) is 30.5. The molecular formula is C12H12CrN2O5. The van der Waals surface area contributed by atoms with E-state index in [9.17, 15) is 0 Å². The van der Waals surface area contributed by atoms with E-state index >= 15 is 0 Å². The Kier molecular flexibility index (Phi) is 47.6. The summed E-state index contributed by atoms with van der Waals surface area (Å²) in [5.74, 6) is 0. The SMILES string of the molecule is CC1=C[C](=[Cr])N(C)CN1C.[C-]#[O+].[C-]#[O+].[C-]#[O+].[C-]#[O+].[C-]#[O+]. The molecule has 0 N–H and O–H groups in total. The summed E-state index contributed by atoms with van der Waals surface area (Å²) in [7, 11) is 4.17. The van der Waals surface area contributed by atoms with Crippen LogP contribution in [-0.4, -0.2) is 35.1 Å². The fraction of sp³-hybridized carbons (Fsp3) is 0.333. The van der Waals surface area contributed by atoms with Crippen molar-refractivity contribution in [3.05, 3.63) is 45.0 Å². The Labute approximate surface area is 126 Å². The number of likely N-dealkylation sites (N-methyl/N-ethyl adjacent to an activating group) is 1. The van der Waals surface area contributed by atoms with E-state index in [0.29, 0.717) is 0 Å². The molecule has 106 valence electrons. The predicted octanol–water partition coefficient (Wildman–Crippen LogP) is 0.214. The van der Waals surface area contributed by atoms with Gasteiger partial charge in [-0.25, -0.2) is 0 Å². The quantitative estimate of drug-likeness (QED) is 0.471. The molecule has 0 atom stereocenters. The summed E-state index contributed by atoms with van der Waals surface area (Å²) in [4.78, 5) is 4.38. The summed E-state index contributed by atoms with van der Waals surface area (Å²) in [5.41, 5.74) is 1.31. The van der Waals surface area contributed by atoms with Crippen LogP contribution in [0.15, 0.2) is 11.8 Å². The topological polar surface area (TPSA) is 106 Å². The number of hydrogen-bond acceptors (Lipinski definition) is 2. The van der Waals surface area contributed by atoms with Gasteiger partial charge in [0.25, 0.3) is 0 Å². The Morgan fingerprint density at radius 1 is 0.850 bits per heavy atom. The molecule has 0 saturated carbocycles. The van der Waals surface area contributed by atoms with Crippen LogP contribution >= 0.6 is 0 Å². The standard InChI is InChI=1S/C7H12N2.5CO.Cr/c1-7-4-5-8(2)6-9(7)3;5*1-2;/h4H,6H2,1-3H3;;;;;;. The van der Waals surface area contributed by atoms with E-state index in [0.717, 1.165) is 6.67 Å². The van der Waals surface area contributed by atoms with E-state index in [-0.39, 0.29) is 0 Å². The molecule has 0 fully saturated rings. The molecule has 0 saturated heterocycles. The molecule has 1 rings (SSSR count). The normalized spacial score (nSPS) is 11.2. The van der Waals surface area contributed by atoms with Crippen LogP contribution < -0.4 is 0 Å². The van der Waals surface area contributed by atoms with Gasteiger partial charge in [-0.15, -0.1) is 0 Å². The fourth-order valence-electron chi connectivity index (χ4n) is 0.899. The Morgan fingerprint density at radius 3 is 1.40 bits per heavy atom. The first-order chi connectivity index (χ1) is 9.61. The molecule has 1 aliphatic heterocycles. The zero-order valence-electron chi connectivity index (χ0n) is 11.1. The molecule has 0 aliphatic carbocycles. The molecule has 20 heavy (non-hydrogen) atoms. The van der Waals surface area contributed by atoms with Gasteiger partial charge >= 0.3 is 126 Å². The minimum absolute atomic E-state index is 0.977. The average Bonchev–Trinajstić information content (AvgIpc) is 2.55. The molecular weight excluding hydrogens is 304 g/mol. The van der Waals surface area contributed by atoms with E-state index in [4.69, 9.17) is 23.3 Å². The van der Waals surface area contributed by atoms with Crippen LogP contribution in [0.25, 0.3) is 0 Å². The monoisotopic (exact) mass is 316 g/mol. The summed E-state index contributed by atoms with van der Waals surface area (Å²) in [6.07, 6.45) is 2.14. The van der Waals surface area contributed by atoms with Crippen molar-refractivity contribution < 1.29 is 39.1 Å². The number of nitrogens with zero attached hydrogens (tertiary/aromatic N) is 2. The molecule has 0 bridgehead atoms. The molecule has 0 spiro atoms. The Hall–Kier alpha value is -1.40. The van der Waals surface area contributed by atoms with Crippen LogP contribution in [0.4, 0.5) is 0 Å². The van der Waals surface area contributed by atoms with Gasteiger partial charge in [0.15, 0.2) is 0 Å². The van der Waals surface area contributed by atoms with E-state index < -0.39 is 0 Å². The zero-order valence-corrected chi connectivity index (χ0v) is 12.4. The first-order valence-electron chi connectivity index (χ1n) is 4.28. The first-order valence-corrected chi connectivity index (χ1v) is 4.91. The van der Waals surface area contributed by atoms with E-state index in [1.54, 1.807) is 0 Å². The molecule has 0 unspecified atom stereocenters. The van der Waals surface area contributed by atoms with E-state index in [2.05, 4.69) is 86.0 Å². The summed E-state index contributed by atoms with van der Waals surface area (Å²) >= 11 is 3.02. The Bertz CT molecular complexity index is 333. The first kappa shape index (κ1) is 31.2. The van der Waals surface area contributed by atoms with Crippen molar-refractivity contribution in [1.82, 2.24) is 9.80 Å². The van der Waals surface area contributed by atoms with E-state index in [1.165, 1.54) is 10.2 Å². The number of allylic oxidation sites excluding steroid dienone is 1. The van der Waals surface area contributed by atoms with Gasteiger partial charge in [0.2, 0.25) is 0 Å². The van der Waals surface area contributed by atoms with Gasteiger partial charge in [0.05, 0.1) is 0 Å². The van der Waals surface area contributed by atoms with Crippen LogP contribution in [0.2, 0.25) is 0 Å². The third kappa shape index (κ3) is 19.0. The minimum atomic E-state index is 0.977. The third-order valence-corrected chi connectivity index (χ3v) is 2.41. The average molecular weight is 316 g/mol. The van der Waals surface area contributed by atoms with Crippen molar-refractivity contribution in [3.63, 3.8) is 0 Å². The molecule has 0 aromatic heterocycles. The molecule has 1 heterocycles. The molecule has 0 aromatic rings. The Morgan fingerprint density at radius 2 is 1.15 bits per heavy atom. The van der Waals surface area contributed by atoms with Crippen molar-refractivity contribution >= 4 is 4.50 Å². The van der Waals surface area contributed by atoms with Crippen LogP contribution in [-0.2, 0) is 39.1 Å². The third-order valence-electron chi connectivity index (χ3n) is 1.73. The van der Waals surface area contributed by atoms with Gasteiger partial charge in [-0.05, 0) is 0 Å². The molecule has 8 heteroatoms. The molecule has 1 aliphatic rings. The number of rotatable bonds is 0. The summed E-state index contributed by atoms with van der Waals surface area (Å²) in [5, 5.41) is 0.